The van der Waals surface area contributed by atoms with Gasteiger partial charge < -0.3 is 5.32 Å². The first-order valence-corrected chi connectivity index (χ1v) is 7.93. The van der Waals surface area contributed by atoms with Crippen molar-refractivity contribution in [2.24, 2.45) is 0 Å². The first-order chi connectivity index (χ1) is 9.72. The molecule has 0 radical (unpaired) electrons. The molecule has 0 aliphatic heterocycles. The molecule has 3 heteroatoms. The highest BCUT2D eigenvalue weighted by molar-refractivity contribution is 5.25. The minimum Gasteiger partial charge on any atom is -0.310 e. The lowest BCUT2D eigenvalue weighted by molar-refractivity contribution is 0.234. The van der Waals surface area contributed by atoms with E-state index in [4.69, 9.17) is 0 Å². The van der Waals surface area contributed by atoms with Gasteiger partial charge in [-0.3, -0.25) is 4.90 Å². The predicted octanol–water partition coefficient (Wildman–Crippen LogP) is 3.45. The monoisotopic (exact) mass is 276 g/mol. The SMILES string of the molecule is CN(Cc1cc(CNC2CC2)ccc1F)C1CCCC1. The van der Waals surface area contributed by atoms with Crippen LogP contribution >= 0.6 is 0 Å². The number of benzene rings is 1. The molecule has 0 spiro atoms. The fourth-order valence-electron chi connectivity index (χ4n) is 3.15. The van der Waals surface area contributed by atoms with Gasteiger partial charge in [0.1, 0.15) is 5.82 Å². The van der Waals surface area contributed by atoms with Crippen LogP contribution in [-0.2, 0) is 13.1 Å². The van der Waals surface area contributed by atoms with E-state index in [9.17, 15) is 4.39 Å². The zero-order valence-corrected chi connectivity index (χ0v) is 12.4. The molecule has 1 N–H and O–H groups in total. The van der Waals surface area contributed by atoms with Crippen LogP contribution in [0.2, 0.25) is 0 Å². The van der Waals surface area contributed by atoms with Gasteiger partial charge in [-0.05, 0) is 44.4 Å². The molecule has 20 heavy (non-hydrogen) atoms. The molecule has 0 atom stereocenters. The summed E-state index contributed by atoms with van der Waals surface area (Å²) in [5, 5.41) is 3.49. The van der Waals surface area contributed by atoms with Crippen LogP contribution in [0.1, 0.15) is 49.7 Å². The van der Waals surface area contributed by atoms with Crippen LogP contribution in [0.15, 0.2) is 18.2 Å². The van der Waals surface area contributed by atoms with E-state index in [1.165, 1.54) is 44.1 Å². The van der Waals surface area contributed by atoms with Gasteiger partial charge in [0.15, 0.2) is 0 Å². The fourth-order valence-corrected chi connectivity index (χ4v) is 3.15. The minimum atomic E-state index is -0.0648. The summed E-state index contributed by atoms with van der Waals surface area (Å²) in [5.41, 5.74) is 2.04. The third kappa shape index (κ3) is 3.58. The zero-order chi connectivity index (χ0) is 13.9. The van der Waals surface area contributed by atoms with Crippen molar-refractivity contribution in [1.82, 2.24) is 10.2 Å². The first-order valence-electron chi connectivity index (χ1n) is 7.93. The molecule has 0 unspecified atom stereocenters. The third-order valence-electron chi connectivity index (χ3n) is 4.65. The largest absolute Gasteiger partial charge is 0.310 e. The molecule has 2 aliphatic rings. The van der Waals surface area contributed by atoms with Gasteiger partial charge in [-0.15, -0.1) is 0 Å². The van der Waals surface area contributed by atoms with Crippen molar-refractivity contribution in [2.75, 3.05) is 7.05 Å². The Morgan fingerprint density at radius 1 is 1.20 bits per heavy atom. The Kier molecular flexibility index (Phi) is 4.37. The molecular formula is C17H25FN2. The van der Waals surface area contributed by atoms with Crippen molar-refractivity contribution in [3.63, 3.8) is 0 Å². The van der Waals surface area contributed by atoms with Crippen LogP contribution in [0.4, 0.5) is 4.39 Å². The molecular weight excluding hydrogens is 251 g/mol. The molecule has 110 valence electrons. The van der Waals surface area contributed by atoms with Gasteiger partial charge in [0.25, 0.3) is 0 Å². The number of nitrogens with zero attached hydrogens (tertiary/aromatic N) is 1. The van der Waals surface area contributed by atoms with E-state index < -0.39 is 0 Å². The van der Waals surface area contributed by atoms with E-state index in [0.717, 1.165) is 18.7 Å². The lowest BCUT2D eigenvalue weighted by Gasteiger charge is -2.24. The van der Waals surface area contributed by atoms with Crippen molar-refractivity contribution in [2.45, 2.75) is 63.7 Å². The number of halogens is 1. The van der Waals surface area contributed by atoms with Crippen molar-refractivity contribution < 1.29 is 4.39 Å². The number of nitrogens with one attached hydrogen (secondary N) is 1. The number of hydrogen-bond acceptors (Lipinski definition) is 2. The predicted molar refractivity (Wildman–Crippen MR) is 80.0 cm³/mol. The van der Waals surface area contributed by atoms with Crippen LogP contribution in [0.25, 0.3) is 0 Å². The summed E-state index contributed by atoms with van der Waals surface area (Å²) in [5.74, 6) is -0.0648. The molecule has 2 saturated carbocycles. The molecule has 0 bridgehead atoms. The second-order valence-corrected chi connectivity index (χ2v) is 6.43. The topological polar surface area (TPSA) is 15.3 Å². The van der Waals surface area contributed by atoms with Crippen LogP contribution in [0, 0.1) is 5.82 Å². The standard InChI is InChI=1S/C17H25FN2/c1-20(16-4-2-3-5-16)12-14-10-13(6-9-17(14)18)11-19-15-7-8-15/h6,9-10,15-16,19H,2-5,7-8,11-12H2,1H3. The molecule has 0 heterocycles. The normalized spacial score (nSPS) is 19.9. The smallest absolute Gasteiger partial charge is 0.127 e. The molecule has 2 aliphatic carbocycles. The summed E-state index contributed by atoms with van der Waals surface area (Å²) in [7, 11) is 2.13. The maximum atomic E-state index is 14.0. The summed E-state index contributed by atoms with van der Waals surface area (Å²) in [6, 6.07) is 6.91. The van der Waals surface area contributed by atoms with E-state index in [2.05, 4.69) is 17.3 Å². The van der Waals surface area contributed by atoms with Crippen LogP contribution < -0.4 is 5.32 Å². The molecule has 0 aromatic heterocycles. The van der Waals surface area contributed by atoms with Crippen molar-refractivity contribution >= 4 is 0 Å². The molecule has 3 rings (SSSR count). The van der Waals surface area contributed by atoms with Crippen LogP contribution in [0.5, 0.6) is 0 Å². The molecule has 1 aromatic carbocycles. The third-order valence-corrected chi connectivity index (χ3v) is 4.65. The summed E-state index contributed by atoms with van der Waals surface area (Å²) >= 11 is 0. The highest BCUT2D eigenvalue weighted by Crippen LogP contribution is 2.25. The first kappa shape index (κ1) is 14.0. The summed E-state index contributed by atoms with van der Waals surface area (Å²) in [6.07, 6.45) is 7.75. The van der Waals surface area contributed by atoms with Gasteiger partial charge >= 0.3 is 0 Å². The quantitative estimate of drug-likeness (QED) is 0.856. The van der Waals surface area contributed by atoms with E-state index in [1.54, 1.807) is 6.07 Å². The van der Waals surface area contributed by atoms with E-state index in [-0.39, 0.29) is 5.82 Å². The fraction of sp³-hybridized carbons (Fsp3) is 0.647. The average molecular weight is 276 g/mol. The number of rotatable bonds is 6. The Balaban J connectivity index is 1.62. The van der Waals surface area contributed by atoms with Gasteiger partial charge in [-0.1, -0.05) is 25.0 Å². The summed E-state index contributed by atoms with van der Waals surface area (Å²) in [4.78, 5) is 2.32. The van der Waals surface area contributed by atoms with Gasteiger partial charge in [-0.2, -0.15) is 0 Å². The second-order valence-electron chi connectivity index (χ2n) is 6.43. The molecule has 2 fully saturated rings. The lowest BCUT2D eigenvalue weighted by Crippen LogP contribution is -2.29. The highest BCUT2D eigenvalue weighted by atomic mass is 19.1. The van der Waals surface area contributed by atoms with Gasteiger partial charge in [0.05, 0.1) is 0 Å². The second kappa shape index (κ2) is 6.23. The summed E-state index contributed by atoms with van der Waals surface area (Å²) in [6.45, 7) is 1.60. The lowest BCUT2D eigenvalue weighted by atomic mass is 10.1. The Morgan fingerprint density at radius 3 is 2.65 bits per heavy atom. The molecule has 1 aromatic rings. The average Bonchev–Trinajstić information content (AvgIpc) is 3.11. The van der Waals surface area contributed by atoms with E-state index in [0.29, 0.717) is 12.1 Å². The highest BCUT2D eigenvalue weighted by Gasteiger charge is 2.21. The Morgan fingerprint density at radius 2 is 1.95 bits per heavy atom. The van der Waals surface area contributed by atoms with Gasteiger partial charge in [0.2, 0.25) is 0 Å². The van der Waals surface area contributed by atoms with E-state index in [1.807, 2.05) is 12.1 Å². The molecule has 0 amide bonds. The Hall–Kier alpha value is -0.930. The van der Waals surface area contributed by atoms with Crippen LogP contribution in [-0.4, -0.2) is 24.0 Å². The zero-order valence-electron chi connectivity index (χ0n) is 12.4. The summed E-state index contributed by atoms with van der Waals surface area (Å²) < 4.78 is 14.0. The Bertz CT molecular complexity index is 450. The Labute approximate surface area is 121 Å². The van der Waals surface area contributed by atoms with Gasteiger partial charge in [-0.25, -0.2) is 4.39 Å². The van der Waals surface area contributed by atoms with Crippen molar-refractivity contribution in [1.29, 1.82) is 0 Å². The van der Waals surface area contributed by atoms with Gasteiger partial charge in [0, 0.05) is 30.7 Å². The molecule has 2 nitrogen and oxygen atoms in total. The van der Waals surface area contributed by atoms with E-state index >= 15 is 0 Å². The van der Waals surface area contributed by atoms with Crippen molar-refractivity contribution in [3.8, 4) is 0 Å². The van der Waals surface area contributed by atoms with Crippen LogP contribution in [0.3, 0.4) is 0 Å². The number of hydrogen-bond donors (Lipinski definition) is 1. The maximum absolute atomic E-state index is 14.0. The maximum Gasteiger partial charge on any atom is 0.127 e. The minimum absolute atomic E-state index is 0.0648. The molecule has 0 saturated heterocycles. The van der Waals surface area contributed by atoms with Crippen molar-refractivity contribution in [3.05, 3.63) is 35.1 Å².